The molecular formula is C13H15BrN2O2S. The highest BCUT2D eigenvalue weighted by Crippen LogP contribution is 2.30. The predicted molar refractivity (Wildman–Crippen MR) is 82.7 cm³/mol. The molecule has 19 heavy (non-hydrogen) atoms. The van der Waals surface area contributed by atoms with E-state index in [1.807, 2.05) is 30.3 Å². The molecule has 0 spiro atoms. The number of halogens is 1. The molecule has 0 amide bonds. The molecule has 102 valence electrons. The van der Waals surface area contributed by atoms with Gasteiger partial charge in [-0.25, -0.2) is 8.42 Å². The van der Waals surface area contributed by atoms with Crippen LogP contribution in [0.5, 0.6) is 0 Å². The summed E-state index contributed by atoms with van der Waals surface area (Å²) in [4.78, 5) is 0. The van der Waals surface area contributed by atoms with Gasteiger partial charge in [-0.1, -0.05) is 40.2 Å². The van der Waals surface area contributed by atoms with Crippen LogP contribution in [0.4, 0.5) is 5.69 Å². The molecule has 0 fully saturated rings. The van der Waals surface area contributed by atoms with Crippen molar-refractivity contribution in [1.82, 2.24) is 0 Å². The lowest BCUT2D eigenvalue weighted by Crippen LogP contribution is -2.31. The average molecular weight is 343 g/mol. The number of hydrogen-bond acceptors (Lipinski definition) is 3. The summed E-state index contributed by atoms with van der Waals surface area (Å²) in [5.74, 6) is 0. The second kappa shape index (κ2) is 5.48. The van der Waals surface area contributed by atoms with E-state index in [1.165, 1.54) is 0 Å². The van der Waals surface area contributed by atoms with Crippen LogP contribution in [0.25, 0.3) is 10.8 Å². The molecule has 0 aliphatic rings. The Labute approximate surface area is 121 Å². The fourth-order valence-electron chi connectivity index (χ4n) is 1.73. The minimum atomic E-state index is -3.46. The third-order valence-electron chi connectivity index (χ3n) is 2.98. The largest absolute Gasteiger partial charge is 0.329 e. The Morgan fingerprint density at radius 3 is 2.47 bits per heavy atom. The van der Waals surface area contributed by atoms with Gasteiger partial charge in [0.25, 0.3) is 0 Å². The number of benzene rings is 2. The number of hydrogen-bond donors (Lipinski definition) is 2. The van der Waals surface area contributed by atoms with Crippen molar-refractivity contribution < 1.29 is 8.42 Å². The summed E-state index contributed by atoms with van der Waals surface area (Å²) in [6.07, 6.45) is 0. The quantitative estimate of drug-likeness (QED) is 0.897. The van der Waals surface area contributed by atoms with Gasteiger partial charge in [-0.15, -0.1) is 0 Å². The maximum Gasteiger partial charge on any atom is 0.236 e. The van der Waals surface area contributed by atoms with Crippen LogP contribution < -0.4 is 10.5 Å². The summed E-state index contributed by atoms with van der Waals surface area (Å²) < 4.78 is 27.7. The Morgan fingerprint density at radius 1 is 1.21 bits per heavy atom. The highest BCUT2D eigenvalue weighted by molar-refractivity contribution is 9.10. The zero-order chi connectivity index (χ0) is 14.0. The summed E-state index contributed by atoms with van der Waals surface area (Å²) in [5, 5.41) is 1.18. The molecule has 0 aliphatic heterocycles. The smallest absolute Gasteiger partial charge is 0.236 e. The second-order valence-corrected chi connectivity index (χ2v) is 7.29. The van der Waals surface area contributed by atoms with Gasteiger partial charge in [-0.2, -0.15) is 0 Å². The lowest BCUT2D eigenvalue weighted by molar-refractivity contribution is 0.589. The number of fused-ring (bicyclic) bond motifs is 1. The fraction of sp³-hybridized carbons (Fsp3) is 0.231. The first-order valence-corrected chi connectivity index (χ1v) is 8.18. The zero-order valence-electron chi connectivity index (χ0n) is 10.4. The van der Waals surface area contributed by atoms with Gasteiger partial charge in [0.2, 0.25) is 10.0 Å². The number of nitrogens with two attached hydrogens (primary N) is 1. The molecule has 0 saturated carbocycles. The van der Waals surface area contributed by atoms with E-state index in [0.29, 0.717) is 5.69 Å². The molecule has 3 N–H and O–H groups in total. The topological polar surface area (TPSA) is 72.2 Å². The van der Waals surface area contributed by atoms with Crippen LogP contribution in [0.15, 0.2) is 40.9 Å². The SMILES string of the molecule is CC(CN)S(=O)(=O)Nc1ccc(Br)c2ccccc12. The van der Waals surface area contributed by atoms with E-state index >= 15 is 0 Å². The highest BCUT2D eigenvalue weighted by Gasteiger charge is 2.20. The lowest BCUT2D eigenvalue weighted by Gasteiger charge is -2.15. The normalized spacial score (nSPS) is 13.4. The molecule has 0 heterocycles. The first kappa shape index (κ1) is 14.3. The molecule has 2 aromatic carbocycles. The molecule has 1 atom stereocenters. The Hall–Kier alpha value is -1.11. The molecule has 0 aromatic heterocycles. The van der Waals surface area contributed by atoms with Gasteiger partial charge >= 0.3 is 0 Å². The minimum Gasteiger partial charge on any atom is -0.329 e. The standard InChI is InChI=1S/C13H15BrN2O2S/c1-9(8-15)19(17,18)16-13-7-6-12(14)10-4-2-3-5-11(10)13/h2-7,9,16H,8,15H2,1H3. The molecule has 1 unspecified atom stereocenters. The van der Waals surface area contributed by atoms with Crippen molar-refractivity contribution in [1.29, 1.82) is 0 Å². The molecule has 6 heteroatoms. The number of sulfonamides is 1. The second-order valence-electron chi connectivity index (χ2n) is 4.33. The van der Waals surface area contributed by atoms with Gasteiger partial charge < -0.3 is 5.73 Å². The van der Waals surface area contributed by atoms with Crippen LogP contribution in [-0.2, 0) is 10.0 Å². The van der Waals surface area contributed by atoms with Crippen molar-refractivity contribution in [2.24, 2.45) is 5.73 Å². The van der Waals surface area contributed by atoms with E-state index in [1.54, 1.807) is 13.0 Å². The van der Waals surface area contributed by atoms with E-state index < -0.39 is 15.3 Å². The monoisotopic (exact) mass is 342 g/mol. The zero-order valence-corrected chi connectivity index (χ0v) is 12.8. The Morgan fingerprint density at radius 2 is 1.84 bits per heavy atom. The first-order valence-electron chi connectivity index (χ1n) is 5.84. The van der Waals surface area contributed by atoms with Gasteiger partial charge in [0.05, 0.1) is 10.9 Å². The average Bonchev–Trinajstić information content (AvgIpc) is 2.41. The van der Waals surface area contributed by atoms with Crippen molar-refractivity contribution in [3.8, 4) is 0 Å². The summed E-state index contributed by atoms with van der Waals surface area (Å²) in [6, 6.07) is 11.2. The predicted octanol–water partition coefficient (Wildman–Crippen LogP) is 2.69. The van der Waals surface area contributed by atoms with Gasteiger partial charge in [0, 0.05) is 16.4 Å². The van der Waals surface area contributed by atoms with E-state index in [0.717, 1.165) is 15.2 Å². The van der Waals surface area contributed by atoms with Crippen LogP contribution >= 0.6 is 15.9 Å². The third kappa shape index (κ3) is 2.91. The summed E-state index contributed by atoms with van der Waals surface area (Å²) in [5.41, 5.74) is 5.99. The van der Waals surface area contributed by atoms with E-state index in [9.17, 15) is 8.42 Å². The number of anilines is 1. The molecule has 2 aromatic rings. The number of rotatable bonds is 4. The van der Waals surface area contributed by atoms with Crippen LogP contribution in [0, 0.1) is 0 Å². The Balaban J connectivity index is 2.51. The highest BCUT2D eigenvalue weighted by atomic mass is 79.9. The third-order valence-corrected chi connectivity index (χ3v) is 5.43. The Kier molecular flexibility index (Phi) is 4.13. The maximum atomic E-state index is 12.1. The van der Waals surface area contributed by atoms with Gasteiger partial charge in [0.1, 0.15) is 0 Å². The molecule has 0 radical (unpaired) electrons. The van der Waals surface area contributed by atoms with Crippen LogP contribution in [0.2, 0.25) is 0 Å². The van der Waals surface area contributed by atoms with E-state index in [-0.39, 0.29) is 6.54 Å². The van der Waals surface area contributed by atoms with Crippen molar-refractivity contribution >= 4 is 42.4 Å². The lowest BCUT2D eigenvalue weighted by atomic mass is 10.1. The van der Waals surface area contributed by atoms with Gasteiger partial charge in [0.15, 0.2) is 0 Å². The number of nitrogens with one attached hydrogen (secondary N) is 1. The van der Waals surface area contributed by atoms with Crippen molar-refractivity contribution in [3.63, 3.8) is 0 Å². The van der Waals surface area contributed by atoms with Crippen molar-refractivity contribution in [3.05, 3.63) is 40.9 Å². The summed E-state index contributed by atoms with van der Waals surface area (Å²) >= 11 is 3.46. The van der Waals surface area contributed by atoms with E-state index in [4.69, 9.17) is 5.73 Å². The van der Waals surface area contributed by atoms with Crippen LogP contribution in [0.1, 0.15) is 6.92 Å². The van der Waals surface area contributed by atoms with Crippen molar-refractivity contribution in [2.75, 3.05) is 11.3 Å². The molecule has 0 saturated heterocycles. The molecule has 2 rings (SSSR count). The maximum absolute atomic E-state index is 12.1. The van der Waals surface area contributed by atoms with Gasteiger partial charge in [-0.05, 0) is 24.4 Å². The summed E-state index contributed by atoms with van der Waals surface area (Å²) in [6.45, 7) is 1.67. The molecular weight excluding hydrogens is 328 g/mol. The fourth-order valence-corrected chi connectivity index (χ4v) is 3.15. The van der Waals surface area contributed by atoms with Crippen LogP contribution in [0.3, 0.4) is 0 Å². The summed E-state index contributed by atoms with van der Waals surface area (Å²) in [7, 11) is -3.46. The molecule has 0 bridgehead atoms. The van der Waals surface area contributed by atoms with E-state index in [2.05, 4.69) is 20.7 Å². The van der Waals surface area contributed by atoms with Crippen molar-refractivity contribution in [2.45, 2.75) is 12.2 Å². The Bertz CT molecular complexity index is 701. The van der Waals surface area contributed by atoms with Gasteiger partial charge in [-0.3, -0.25) is 4.72 Å². The van der Waals surface area contributed by atoms with Crippen LogP contribution in [-0.4, -0.2) is 20.2 Å². The minimum absolute atomic E-state index is 0.0871. The molecule has 4 nitrogen and oxygen atoms in total. The molecule has 0 aliphatic carbocycles. The first-order chi connectivity index (χ1) is 8.95.